The Morgan fingerprint density at radius 3 is 1.58 bits per heavy atom. The van der Waals surface area contributed by atoms with Crippen LogP contribution in [0, 0.1) is 11.8 Å². The molecule has 4 aliphatic rings. The van der Waals surface area contributed by atoms with Gasteiger partial charge >= 0.3 is 0 Å². The normalized spacial score (nSPS) is 35.2. The fraction of sp³-hybridized carbons (Fsp3) is 0.875. The molecule has 4 fully saturated rings. The zero-order valence-electron chi connectivity index (χ0n) is 13.8. The quantitative estimate of drug-likeness (QED) is 0.643. The van der Waals surface area contributed by atoms with Gasteiger partial charge in [-0.1, -0.05) is 0 Å². The average Bonchev–Trinajstić information content (AvgIpc) is 2.55. The lowest BCUT2D eigenvalue weighted by molar-refractivity contribution is -0.138. The van der Waals surface area contributed by atoms with Crippen LogP contribution in [0.3, 0.4) is 0 Å². The molecule has 0 radical (unpaired) electrons. The minimum Gasteiger partial charge on any atom is -0.370 e. The van der Waals surface area contributed by atoms with Crippen molar-refractivity contribution in [3.8, 4) is 0 Å². The molecule has 0 unspecified atom stereocenters. The van der Waals surface area contributed by atoms with Crippen molar-refractivity contribution in [3.63, 3.8) is 0 Å². The van der Waals surface area contributed by atoms with Gasteiger partial charge in [0.1, 0.15) is 13.2 Å². The lowest BCUT2D eigenvalue weighted by atomic mass is 9.89. The highest BCUT2D eigenvalue weighted by Crippen LogP contribution is 2.23. The first-order chi connectivity index (χ1) is 10.7. The van der Waals surface area contributed by atoms with Crippen LogP contribution >= 0.6 is 24.8 Å². The zero-order chi connectivity index (χ0) is 15.4. The van der Waals surface area contributed by atoms with Crippen LogP contribution in [0.15, 0.2) is 0 Å². The third-order valence-electron chi connectivity index (χ3n) is 4.97. The molecule has 140 valence electrons. The molecule has 0 aromatic carbocycles. The Kier molecular flexibility index (Phi) is 9.71. The van der Waals surface area contributed by atoms with Gasteiger partial charge in [0.2, 0.25) is 0 Å². The fourth-order valence-corrected chi connectivity index (χ4v) is 3.75. The summed E-state index contributed by atoms with van der Waals surface area (Å²) in [6.07, 6.45) is 4.29. The van der Waals surface area contributed by atoms with Crippen LogP contribution in [0.5, 0.6) is 0 Å². The van der Waals surface area contributed by atoms with Gasteiger partial charge in [0.25, 0.3) is 0 Å². The highest BCUT2D eigenvalue weighted by molar-refractivity contribution is 5.85. The molecular weight excluding hydrogens is 355 g/mol. The number of ketones is 2. The molecule has 0 amide bonds. The fourth-order valence-electron chi connectivity index (χ4n) is 3.75. The van der Waals surface area contributed by atoms with Crippen LogP contribution in [0.1, 0.15) is 25.7 Å². The molecule has 8 heteroatoms. The first kappa shape index (κ1) is 21.8. The maximum atomic E-state index is 11.0. The highest BCUT2D eigenvalue weighted by atomic mass is 35.5. The maximum absolute atomic E-state index is 11.0. The van der Waals surface area contributed by atoms with E-state index in [-0.39, 0.29) is 36.4 Å². The van der Waals surface area contributed by atoms with E-state index in [1.54, 1.807) is 0 Å². The Morgan fingerprint density at radius 2 is 1.17 bits per heavy atom. The molecule has 2 N–H and O–H groups in total. The summed E-state index contributed by atoms with van der Waals surface area (Å²) in [7, 11) is 0. The zero-order valence-corrected chi connectivity index (χ0v) is 15.5. The molecule has 6 nitrogen and oxygen atoms in total. The van der Waals surface area contributed by atoms with Gasteiger partial charge in [0.05, 0.1) is 12.2 Å². The average molecular weight is 383 g/mol. The number of hydrogen-bond donors (Lipinski definition) is 2. The lowest BCUT2D eigenvalue weighted by Gasteiger charge is -2.34. The molecular formula is C16H28Cl2N2O4. The summed E-state index contributed by atoms with van der Waals surface area (Å²) >= 11 is 0. The molecule has 4 aliphatic heterocycles. The molecule has 4 rings (SSSR count). The van der Waals surface area contributed by atoms with E-state index in [1.807, 2.05) is 0 Å². The summed E-state index contributed by atoms with van der Waals surface area (Å²) in [5.41, 5.74) is 0. The molecule has 0 spiro atoms. The van der Waals surface area contributed by atoms with Crippen LogP contribution < -0.4 is 10.6 Å². The number of carbonyl (C=O) groups excluding carboxylic acids is 2. The Balaban J connectivity index is 0.000000222. The number of fused-ring (bicyclic) bond motifs is 2. The monoisotopic (exact) mass is 382 g/mol. The molecule has 4 saturated heterocycles. The molecule has 0 bridgehead atoms. The molecule has 0 saturated carbocycles. The molecule has 24 heavy (non-hydrogen) atoms. The smallest absolute Gasteiger partial charge is 0.158 e. The van der Waals surface area contributed by atoms with Crippen LogP contribution in [-0.4, -0.2) is 63.2 Å². The van der Waals surface area contributed by atoms with E-state index in [0.717, 1.165) is 51.9 Å². The van der Waals surface area contributed by atoms with Gasteiger partial charge in [-0.25, -0.2) is 0 Å². The largest absolute Gasteiger partial charge is 0.370 e. The summed E-state index contributed by atoms with van der Waals surface area (Å²) in [4.78, 5) is 21.9. The van der Waals surface area contributed by atoms with Crippen molar-refractivity contribution in [3.05, 3.63) is 0 Å². The number of ether oxygens (including phenoxy) is 2. The van der Waals surface area contributed by atoms with Gasteiger partial charge in [-0.15, -0.1) is 24.8 Å². The summed E-state index contributed by atoms with van der Waals surface area (Å²) in [5.74, 6) is 1.42. The van der Waals surface area contributed by atoms with Crippen LogP contribution in [0.2, 0.25) is 0 Å². The highest BCUT2D eigenvalue weighted by Gasteiger charge is 2.32. The molecule has 4 heterocycles. The maximum Gasteiger partial charge on any atom is 0.158 e. The molecule has 0 aromatic heterocycles. The SMILES string of the molecule is Cl.Cl.O=C1CO[C@@H]2CCNC[C@H]2C1.O=C1CO[C@H]2CCNC[C@@H]2C1. The Morgan fingerprint density at radius 1 is 0.750 bits per heavy atom. The van der Waals surface area contributed by atoms with E-state index in [0.29, 0.717) is 37.3 Å². The van der Waals surface area contributed by atoms with Crippen molar-refractivity contribution in [1.82, 2.24) is 10.6 Å². The van der Waals surface area contributed by atoms with E-state index in [4.69, 9.17) is 9.47 Å². The molecule has 0 aromatic rings. The summed E-state index contributed by atoms with van der Waals surface area (Å²) < 4.78 is 10.8. The van der Waals surface area contributed by atoms with Crippen molar-refractivity contribution < 1.29 is 19.1 Å². The van der Waals surface area contributed by atoms with Gasteiger partial charge < -0.3 is 20.1 Å². The van der Waals surface area contributed by atoms with Crippen molar-refractivity contribution in [2.24, 2.45) is 11.8 Å². The first-order valence-corrected chi connectivity index (χ1v) is 8.40. The van der Waals surface area contributed by atoms with Gasteiger partial charge in [-0.05, 0) is 25.9 Å². The number of Topliss-reactive ketones (excluding diaryl/α,β-unsaturated/α-hetero) is 2. The van der Waals surface area contributed by atoms with Gasteiger partial charge in [-0.3, -0.25) is 9.59 Å². The minimum atomic E-state index is 0. The number of carbonyl (C=O) groups is 2. The number of halogens is 2. The second-order valence-corrected chi connectivity index (χ2v) is 6.69. The van der Waals surface area contributed by atoms with Crippen LogP contribution in [0.25, 0.3) is 0 Å². The lowest BCUT2D eigenvalue weighted by Crippen LogP contribution is -2.46. The molecule has 4 atom stereocenters. The topological polar surface area (TPSA) is 76.7 Å². The van der Waals surface area contributed by atoms with Crippen LogP contribution in [-0.2, 0) is 19.1 Å². The number of hydrogen-bond acceptors (Lipinski definition) is 6. The predicted octanol–water partition coefficient (Wildman–Crippen LogP) is 0.751. The Labute approximate surface area is 155 Å². The number of rotatable bonds is 0. The summed E-state index contributed by atoms with van der Waals surface area (Å²) in [6.45, 7) is 4.68. The predicted molar refractivity (Wildman–Crippen MR) is 95.2 cm³/mol. The molecule has 0 aliphatic carbocycles. The second-order valence-electron chi connectivity index (χ2n) is 6.69. The van der Waals surface area contributed by atoms with E-state index >= 15 is 0 Å². The van der Waals surface area contributed by atoms with E-state index in [2.05, 4.69) is 10.6 Å². The third kappa shape index (κ3) is 5.93. The van der Waals surface area contributed by atoms with Gasteiger partial charge in [-0.2, -0.15) is 0 Å². The Hall–Kier alpha value is -0.240. The minimum absolute atomic E-state index is 0. The van der Waals surface area contributed by atoms with E-state index in [9.17, 15) is 9.59 Å². The van der Waals surface area contributed by atoms with Crippen molar-refractivity contribution in [1.29, 1.82) is 0 Å². The number of nitrogens with one attached hydrogen (secondary N) is 2. The summed E-state index contributed by atoms with van der Waals surface area (Å²) in [5, 5.41) is 6.54. The first-order valence-electron chi connectivity index (χ1n) is 8.40. The second kappa shape index (κ2) is 10.7. The van der Waals surface area contributed by atoms with Crippen molar-refractivity contribution >= 4 is 36.4 Å². The van der Waals surface area contributed by atoms with Gasteiger partial charge in [0, 0.05) is 37.8 Å². The Bertz CT molecular complexity index is 387. The van der Waals surface area contributed by atoms with E-state index < -0.39 is 0 Å². The summed E-state index contributed by atoms with van der Waals surface area (Å²) in [6, 6.07) is 0. The third-order valence-corrected chi connectivity index (χ3v) is 4.97. The standard InChI is InChI=1S/2C8H13NO2.2ClH/c2*10-7-3-6-4-9-2-1-8(6)11-5-7;;/h2*6,8-9H,1-5H2;2*1H/t2*6-,8-;;/m10../s1. The van der Waals surface area contributed by atoms with Gasteiger partial charge in [0.15, 0.2) is 11.6 Å². The number of piperidine rings is 2. The van der Waals surface area contributed by atoms with Crippen molar-refractivity contribution in [2.75, 3.05) is 39.4 Å². The van der Waals surface area contributed by atoms with E-state index in [1.165, 1.54) is 0 Å². The van der Waals surface area contributed by atoms with Crippen LogP contribution in [0.4, 0.5) is 0 Å². The van der Waals surface area contributed by atoms with Crippen molar-refractivity contribution in [2.45, 2.75) is 37.9 Å².